The number of amides is 2. The van der Waals surface area contributed by atoms with Crippen LogP contribution in [0.5, 0.6) is 5.75 Å². The highest BCUT2D eigenvalue weighted by Crippen LogP contribution is 2.21. The third-order valence-electron chi connectivity index (χ3n) is 1.56. The first-order valence-corrected chi connectivity index (χ1v) is 4.82. The molecule has 0 spiro atoms. The van der Waals surface area contributed by atoms with Crippen molar-refractivity contribution in [1.82, 2.24) is 5.32 Å². The minimum Gasteiger partial charge on any atom is -0.427 e. The van der Waals surface area contributed by atoms with E-state index in [1.807, 2.05) is 5.32 Å². The molecule has 0 aliphatic heterocycles. The van der Waals surface area contributed by atoms with E-state index in [4.69, 9.17) is 3.07 Å². The monoisotopic (exact) mass is 323 g/mol. The van der Waals surface area contributed by atoms with Gasteiger partial charge < -0.3 is 3.07 Å². The first-order valence-electron chi connectivity index (χ1n) is 3.94. The molecule has 4 nitrogen and oxygen atoms in total. The molecule has 0 radical (unpaired) electrons. The summed E-state index contributed by atoms with van der Waals surface area (Å²) >= 11 is 1.57. The Morgan fingerprint density at radius 1 is 1.47 bits per heavy atom. The summed E-state index contributed by atoms with van der Waals surface area (Å²) in [6, 6.07) is 3.49. The highest BCUT2D eigenvalue weighted by Gasteiger charge is 2.14. The molecule has 0 fully saturated rings. The number of benzene rings is 1. The summed E-state index contributed by atoms with van der Waals surface area (Å²) in [5, 5.41) is 2.03. The zero-order valence-corrected chi connectivity index (χ0v) is 9.87. The van der Waals surface area contributed by atoms with E-state index in [2.05, 4.69) is 0 Å². The summed E-state index contributed by atoms with van der Waals surface area (Å²) in [7, 11) is 0. The van der Waals surface area contributed by atoms with Gasteiger partial charge in [-0.1, -0.05) is 0 Å². The number of imide groups is 1. The maximum Gasteiger partial charge on any atom is 0.261 e. The van der Waals surface area contributed by atoms with E-state index in [1.54, 1.807) is 23.0 Å². The molecular formula is C9H7FINO3. The molecule has 0 atom stereocenters. The number of hydrogen-bond acceptors (Lipinski definition) is 3. The van der Waals surface area contributed by atoms with Crippen molar-refractivity contribution in [3.63, 3.8) is 0 Å². The Bertz CT molecular complexity index is 408. The van der Waals surface area contributed by atoms with E-state index in [-0.39, 0.29) is 11.3 Å². The van der Waals surface area contributed by atoms with E-state index in [9.17, 15) is 14.0 Å². The van der Waals surface area contributed by atoms with Crippen LogP contribution in [0.3, 0.4) is 0 Å². The van der Waals surface area contributed by atoms with Crippen molar-refractivity contribution in [1.29, 1.82) is 0 Å². The Labute approximate surface area is 99.5 Å². The van der Waals surface area contributed by atoms with Gasteiger partial charge in [0.05, 0.1) is 5.56 Å². The molecule has 0 saturated carbocycles. The minimum absolute atomic E-state index is 0.0143. The van der Waals surface area contributed by atoms with Gasteiger partial charge in [0.1, 0.15) is 11.6 Å². The third-order valence-corrected chi connectivity index (χ3v) is 2.03. The Morgan fingerprint density at radius 3 is 2.67 bits per heavy atom. The van der Waals surface area contributed by atoms with Crippen LogP contribution in [0, 0.1) is 5.82 Å². The molecule has 80 valence electrons. The van der Waals surface area contributed by atoms with Crippen molar-refractivity contribution in [2.45, 2.75) is 6.92 Å². The Hall–Kier alpha value is -1.18. The molecule has 0 aromatic heterocycles. The molecule has 1 N–H and O–H groups in total. The second kappa shape index (κ2) is 5.06. The molecular weight excluding hydrogens is 316 g/mol. The number of carbonyl (C=O) groups is 2. The molecule has 2 amide bonds. The van der Waals surface area contributed by atoms with E-state index < -0.39 is 17.6 Å². The standard InChI is InChI=1S/C9H7FINO3/c1-5(13)12-9(14)7-4-6(10)2-3-8(7)15-11/h2-4H,1H3,(H,12,13,14). The summed E-state index contributed by atoms with van der Waals surface area (Å²) < 4.78 is 17.7. The van der Waals surface area contributed by atoms with Crippen molar-refractivity contribution < 1.29 is 17.0 Å². The van der Waals surface area contributed by atoms with Gasteiger partial charge in [0.25, 0.3) is 5.91 Å². The maximum absolute atomic E-state index is 12.9. The van der Waals surface area contributed by atoms with Gasteiger partial charge in [0.15, 0.2) is 23.0 Å². The zero-order chi connectivity index (χ0) is 11.4. The Kier molecular flexibility index (Phi) is 4.01. The van der Waals surface area contributed by atoms with Crippen molar-refractivity contribution in [2.24, 2.45) is 0 Å². The topological polar surface area (TPSA) is 55.4 Å². The van der Waals surface area contributed by atoms with Crippen LogP contribution < -0.4 is 8.38 Å². The first-order chi connectivity index (χ1) is 7.04. The second-order valence-electron chi connectivity index (χ2n) is 2.73. The number of carbonyl (C=O) groups excluding carboxylic acids is 2. The van der Waals surface area contributed by atoms with Crippen LogP contribution in [0.1, 0.15) is 17.3 Å². The Balaban J connectivity index is 3.05. The molecule has 0 aliphatic carbocycles. The van der Waals surface area contributed by atoms with Gasteiger partial charge in [-0.3, -0.25) is 14.9 Å². The van der Waals surface area contributed by atoms with Crippen LogP contribution in [-0.2, 0) is 4.79 Å². The van der Waals surface area contributed by atoms with E-state index in [0.29, 0.717) is 0 Å². The number of rotatable bonds is 2. The zero-order valence-electron chi connectivity index (χ0n) is 7.71. The van der Waals surface area contributed by atoms with Crippen LogP contribution in [0.4, 0.5) is 4.39 Å². The molecule has 6 heteroatoms. The SMILES string of the molecule is CC(=O)NC(=O)c1cc(F)ccc1OI. The molecule has 0 heterocycles. The lowest BCUT2D eigenvalue weighted by atomic mass is 10.2. The maximum atomic E-state index is 12.9. The van der Waals surface area contributed by atoms with Gasteiger partial charge in [-0.2, -0.15) is 0 Å². The van der Waals surface area contributed by atoms with Crippen molar-refractivity contribution in [3.8, 4) is 5.75 Å². The van der Waals surface area contributed by atoms with E-state index in [1.165, 1.54) is 19.1 Å². The smallest absolute Gasteiger partial charge is 0.261 e. The van der Waals surface area contributed by atoms with Crippen molar-refractivity contribution >= 4 is 34.8 Å². The second-order valence-corrected chi connectivity index (χ2v) is 3.17. The summed E-state index contributed by atoms with van der Waals surface area (Å²) in [6.07, 6.45) is 0. The average molecular weight is 323 g/mol. The van der Waals surface area contributed by atoms with Gasteiger partial charge >= 0.3 is 0 Å². The first kappa shape index (κ1) is 11.9. The van der Waals surface area contributed by atoms with Crippen molar-refractivity contribution in [3.05, 3.63) is 29.6 Å². The highest BCUT2D eigenvalue weighted by molar-refractivity contribution is 14.1. The fraction of sp³-hybridized carbons (Fsp3) is 0.111. The predicted octanol–water partition coefficient (Wildman–Crippen LogP) is 1.83. The van der Waals surface area contributed by atoms with E-state index >= 15 is 0 Å². The van der Waals surface area contributed by atoms with E-state index in [0.717, 1.165) is 6.07 Å². The molecule has 15 heavy (non-hydrogen) atoms. The molecule has 0 bridgehead atoms. The number of halogens is 2. The number of hydrogen-bond donors (Lipinski definition) is 1. The molecule has 0 saturated heterocycles. The van der Waals surface area contributed by atoms with Crippen LogP contribution >= 0.6 is 23.0 Å². The minimum atomic E-state index is -0.686. The van der Waals surface area contributed by atoms with Gasteiger partial charge in [-0.25, -0.2) is 4.39 Å². The lowest BCUT2D eigenvalue weighted by molar-refractivity contribution is -0.118. The van der Waals surface area contributed by atoms with Crippen LogP contribution in [0.25, 0.3) is 0 Å². The van der Waals surface area contributed by atoms with Crippen LogP contribution in [-0.4, -0.2) is 11.8 Å². The lowest BCUT2D eigenvalue weighted by Crippen LogP contribution is -2.28. The van der Waals surface area contributed by atoms with Crippen molar-refractivity contribution in [2.75, 3.05) is 0 Å². The summed E-state index contributed by atoms with van der Waals surface area (Å²) in [5.41, 5.74) is -0.0143. The summed E-state index contributed by atoms with van der Waals surface area (Å²) in [5.74, 6) is -1.56. The Morgan fingerprint density at radius 2 is 2.13 bits per heavy atom. The third kappa shape index (κ3) is 3.15. The molecule has 0 aliphatic rings. The van der Waals surface area contributed by atoms with Gasteiger partial charge in [0.2, 0.25) is 5.91 Å². The van der Waals surface area contributed by atoms with Crippen LogP contribution in [0.15, 0.2) is 18.2 Å². The largest absolute Gasteiger partial charge is 0.427 e. The predicted molar refractivity (Wildman–Crippen MR) is 59.2 cm³/mol. The van der Waals surface area contributed by atoms with Gasteiger partial charge in [-0.15, -0.1) is 0 Å². The van der Waals surface area contributed by atoms with Gasteiger partial charge in [-0.05, 0) is 18.2 Å². The molecule has 1 aromatic carbocycles. The summed E-state index contributed by atoms with van der Waals surface area (Å²) in [4.78, 5) is 22.0. The fourth-order valence-corrected chi connectivity index (χ4v) is 1.36. The quantitative estimate of drug-likeness (QED) is 0.845. The van der Waals surface area contributed by atoms with Gasteiger partial charge in [0, 0.05) is 6.92 Å². The molecule has 1 rings (SSSR count). The number of nitrogens with one attached hydrogen (secondary N) is 1. The average Bonchev–Trinajstić information content (AvgIpc) is 2.16. The molecule has 1 aromatic rings. The lowest BCUT2D eigenvalue weighted by Gasteiger charge is -2.05. The normalized spacial score (nSPS) is 9.53. The molecule has 0 unspecified atom stereocenters. The fourth-order valence-electron chi connectivity index (χ4n) is 0.974. The van der Waals surface area contributed by atoms with Crippen LogP contribution in [0.2, 0.25) is 0 Å². The summed E-state index contributed by atoms with van der Waals surface area (Å²) in [6.45, 7) is 1.20. The highest BCUT2D eigenvalue weighted by atomic mass is 127.